The molecule has 2 aromatic heterocycles. The van der Waals surface area contributed by atoms with Crippen LogP contribution in [0.15, 0.2) is 18.5 Å². The average Bonchev–Trinajstić information content (AvgIpc) is 2.93. The summed E-state index contributed by atoms with van der Waals surface area (Å²) in [6, 6.07) is 1.91. The zero-order chi connectivity index (χ0) is 14.5. The molecular weight excluding hydrogens is 254 g/mol. The molecule has 2 heterocycles. The predicted molar refractivity (Wildman–Crippen MR) is 79.4 cm³/mol. The van der Waals surface area contributed by atoms with Crippen LogP contribution in [0.4, 0.5) is 11.6 Å². The summed E-state index contributed by atoms with van der Waals surface area (Å²) in [6.45, 7) is 7.56. The van der Waals surface area contributed by atoms with Crippen molar-refractivity contribution in [3.8, 4) is 0 Å². The van der Waals surface area contributed by atoms with Crippen LogP contribution in [0.25, 0.3) is 0 Å². The zero-order valence-electron chi connectivity index (χ0n) is 12.1. The van der Waals surface area contributed by atoms with E-state index in [9.17, 15) is 0 Å². The Morgan fingerprint density at radius 2 is 2.05 bits per heavy atom. The fourth-order valence-corrected chi connectivity index (χ4v) is 1.83. The molecule has 0 aromatic carbocycles. The topological polar surface area (TPSA) is 93.7 Å². The van der Waals surface area contributed by atoms with Gasteiger partial charge in [-0.3, -0.25) is 4.68 Å². The second-order valence-electron chi connectivity index (χ2n) is 4.90. The van der Waals surface area contributed by atoms with Crippen LogP contribution in [-0.4, -0.2) is 26.3 Å². The first-order chi connectivity index (χ1) is 9.61. The molecule has 0 bridgehead atoms. The molecule has 20 heavy (non-hydrogen) atoms. The van der Waals surface area contributed by atoms with Crippen LogP contribution in [0.2, 0.25) is 0 Å². The molecular formula is C13H21N7. The Bertz CT molecular complexity index is 548. The van der Waals surface area contributed by atoms with Gasteiger partial charge in [0.2, 0.25) is 0 Å². The van der Waals surface area contributed by atoms with Crippen molar-refractivity contribution in [3.05, 3.63) is 29.8 Å². The molecule has 0 saturated heterocycles. The minimum atomic E-state index is 0.245. The molecule has 7 nitrogen and oxygen atoms in total. The summed E-state index contributed by atoms with van der Waals surface area (Å²) in [7, 11) is 0. The fraction of sp³-hybridized carbons (Fsp3) is 0.462. The molecule has 0 aliphatic heterocycles. The number of rotatable bonds is 6. The molecule has 4 N–H and O–H groups in total. The molecule has 0 amide bonds. The molecule has 0 saturated carbocycles. The largest absolute Gasteiger partial charge is 0.368 e. The highest BCUT2D eigenvalue weighted by Gasteiger charge is 2.12. The number of aromatic nitrogens is 4. The van der Waals surface area contributed by atoms with Crippen molar-refractivity contribution in [3.63, 3.8) is 0 Å². The number of nitrogens with zero attached hydrogens (tertiary/aromatic N) is 4. The van der Waals surface area contributed by atoms with Crippen molar-refractivity contribution in [2.45, 2.75) is 33.2 Å². The number of nitrogens with one attached hydrogen (secondary N) is 2. The van der Waals surface area contributed by atoms with E-state index in [1.165, 1.54) is 0 Å². The van der Waals surface area contributed by atoms with Gasteiger partial charge in [0.25, 0.3) is 0 Å². The molecule has 0 atom stereocenters. The highest BCUT2D eigenvalue weighted by atomic mass is 15.3. The van der Waals surface area contributed by atoms with Crippen LogP contribution < -0.4 is 16.6 Å². The minimum absolute atomic E-state index is 0.245. The van der Waals surface area contributed by atoms with Gasteiger partial charge in [-0.2, -0.15) is 5.10 Å². The zero-order valence-corrected chi connectivity index (χ0v) is 12.1. The number of hydrogen-bond donors (Lipinski definition) is 3. The highest BCUT2D eigenvalue weighted by Crippen LogP contribution is 2.22. The predicted octanol–water partition coefficient (Wildman–Crippen LogP) is 1.50. The Balaban J connectivity index is 2.11. The second-order valence-corrected chi connectivity index (χ2v) is 4.90. The number of anilines is 2. The third kappa shape index (κ3) is 3.24. The Morgan fingerprint density at radius 1 is 1.30 bits per heavy atom. The molecule has 0 spiro atoms. The van der Waals surface area contributed by atoms with Gasteiger partial charge in [-0.1, -0.05) is 13.8 Å². The van der Waals surface area contributed by atoms with E-state index in [1.807, 2.05) is 23.9 Å². The van der Waals surface area contributed by atoms with Crippen molar-refractivity contribution in [1.82, 2.24) is 19.7 Å². The summed E-state index contributed by atoms with van der Waals surface area (Å²) >= 11 is 0. The second kappa shape index (κ2) is 6.33. The van der Waals surface area contributed by atoms with Gasteiger partial charge in [-0.25, -0.2) is 15.8 Å². The van der Waals surface area contributed by atoms with Crippen LogP contribution in [0, 0.1) is 6.92 Å². The van der Waals surface area contributed by atoms with Crippen molar-refractivity contribution in [1.29, 1.82) is 0 Å². The molecule has 0 radical (unpaired) electrons. The maximum Gasteiger partial charge on any atom is 0.148 e. The summed E-state index contributed by atoms with van der Waals surface area (Å²) in [4.78, 5) is 8.96. The van der Waals surface area contributed by atoms with E-state index in [4.69, 9.17) is 5.84 Å². The summed E-state index contributed by atoms with van der Waals surface area (Å²) < 4.78 is 1.87. The molecule has 0 unspecified atom stereocenters. The third-order valence-electron chi connectivity index (χ3n) is 3.01. The Kier molecular flexibility index (Phi) is 4.52. The number of hydrazine groups is 1. The lowest BCUT2D eigenvalue weighted by molar-refractivity contribution is 0.636. The summed E-state index contributed by atoms with van der Waals surface area (Å²) in [5, 5.41) is 7.47. The molecule has 7 heteroatoms. The van der Waals surface area contributed by atoms with Gasteiger partial charge in [-0.05, 0) is 13.0 Å². The van der Waals surface area contributed by atoms with Crippen molar-refractivity contribution >= 4 is 11.6 Å². The lowest BCUT2D eigenvalue weighted by Crippen LogP contribution is -2.17. The van der Waals surface area contributed by atoms with E-state index >= 15 is 0 Å². The average molecular weight is 275 g/mol. The van der Waals surface area contributed by atoms with E-state index in [-0.39, 0.29) is 5.92 Å². The molecule has 0 aliphatic carbocycles. The maximum atomic E-state index is 5.51. The number of nitrogen functional groups attached to an aromatic ring is 1. The molecule has 2 rings (SSSR count). The van der Waals surface area contributed by atoms with Gasteiger partial charge in [0.1, 0.15) is 17.5 Å². The first-order valence-electron chi connectivity index (χ1n) is 6.68. The Labute approximate surface area is 118 Å². The molecule has 0 aliphatic rings. The monoisotopic (exact) mass is 275 g/mol. The summed E-state index contributed by atoms with van der Waals surface area (Å²) in [5.41, 5.74) is 3.54. The number of hydrogen-bond acceptors (Lipinski definition) is 6. The van der Waals surface area contributed by atoms with Gasteiger partial charge in [0.05, 0.1) is 6.54 Å². The van der Waals surface area contributed by atoms with Crippen LogP contribution in [0.3, 0.4) is 0 Å². The maximum absolute atomic E-state index is 5.51. The van der Waals surface area contributed by atoms with E-state index < -0.39 is 0 Å². The van der Waals surface area contributed by atoms with Gasteiger partial charge in [0.15, 0.2) is 0 Å². The van der Waals surface area contributed by atoms with Gasteiger partial charge < -0.3 is 10.7 Å². The normalized spacial score (nSPS) is 10.8. The van der Waals surface area contributed by atoms with E-state index in [0.29, 0.717) is 5.82 Å². The smallest absolute Gasteiger partial charge is 0.148 e. The van der Waals surface area contributed by atoms with Gasteiger partial charge in [0, 0.05) is 30.4 Å². The molecule has 2 aromatic rings. The van der Waals surface area contributed by atoms with Crippen molar-refractivity contribution in [2.75, 3.05) is 17.3 Å². The first-order valence-corrected chi connectivity index (χ1v) is 6.68. The van der Waals surface area contributed by atoms with Crippen molar-refractivity contribution < 1.29 is 0 Å². The first kappa shape index (κ1) is 14.3. The molecule has 0 fully saturated rings. The van der Waals surface area contributed by atoms with Crippen LogP contribution in [0.1, 0.15) is 31.2 Å². The lowest BCUT2D eigenvalue weighted by atomic mass is 10.2. The minimum Gasteiger partial charge on any atom is -0.368 e. The van der Waals surface area contributed by atoms with E-state index in [2.05, 4.69) is 39.7 Å². The lowest BCUT2D eigenvalue weighted by Gasteiger charge is -2.15. The van der Waals surface area contributed by atoms with Crippen LogP contribution in [0.5, 0.6) is 0 Å². The Morgan fingerprint density at radius 3 is 2.65 bits per heavy atom. The quantitative estimate of drug-likeness (QED) is 0.546. The van der Waals surface area contributed by atoms with Gasteiger partial charge in [-0.15, -0.1) is 0 Å². The summed E-state index contributed by atoms with van der Waals surface area (Å²) in [6.07, 6.45) is 3.70. The van der Waals surface area contributed by atoms with Crippen LogP contribution >= 0.6 is 0 Å². The number of nitrogens with two attached hydrogens (primary N) is 1. The fourth-order valence-electron chi connectivity index (χ4n) is 1.83. The van der Waals surface area contributed by atoms with E-state index in [1.54, 1.807) is 6.20 Å². The standard InChI is InChI=1S/C13H21N7/c1-9(2)11-17-12(10(3)13(18-11)19-14)15-6-8-20-7-4-5-16-20/h4-5,7,9H,6,8,14H2,1-3H3,(H2,15,17,18,19). The van der Waals surface area contributed by atoms with E-state index in [0.717, 1.165) is 30.3 Å². The van der Waals surface area contributed by atoms with Gasteiger partial charge >= 0.3 is 0 Å². The molecule has 108 valence electrons. The Hall–Kier alpha value is -2.15. The SMILES string of the molecule is Cc1c(NN)nc(C(C)C)nc1NCCn1cccn1. The van der Waals surface area contributed by atoms with Crippen LogP contribution in [-0.2, 0) is 6.54 Å². The van der Waals surface area contributed by atoms with Crippen molar-refractivity contribution in [2.24, 2.45) is 5.84 Å². The third-order valence-corrected chi connectivity index (χ3v) is 3.01. The summed E-state index contributed by atoms with van der Waals surface area (Å²) in [5.74, 6) is 7.99. The highest BCUT2D eigenvalue weighted by molar-refractivity contribution is 5.56.